The second kappa shape index (κ2) is 9.77. The summed E-state index contributed by atoms with van der Waals surface area (Å²) in [7, 11) is -1.75. The molecular formula is C18H21ClF2N2O3S. The van der Waals surface area contributed by atoms with Crippen molar-refractivity contribution in [3.63, 3.8) is 0 Å². The van der Waals surface area contributed by atoms with Gasteiger partial charge in [0.15, 0.2) is 21.5 Å². The number of carbonyl (C=O) groups is 1. The van der Waals surface area contributed by atoms with Crippen LogP contribution in [0.25, 0.3) is 0 Å². The van der Waals surface area contributed by atoms with Crippen molar-refractivity contribution < 1.29 is 22.0 Å². The number of rotatable bonds is 7. The quantitative estimate of drug-likeness (QED) is 0.724. The van der Waals surface area contributed by atoms with Crippen LogP contribution in [0.1, 0.15) is 23.6 Å². The second-order valence-electron chi connectivity index (χ2n) is 5.87. The Hall–Kier alpha value is -2.03. The van der Waals surface area contributed by atoms with Crippen LogP contribution in [0.4, 0.5) is 8.78 Å². The Balaban J connectivity index is 0.00000364. The third-order valence-corrected chi connectivity index (χ3v) is 4.91. The number of carbonyl (C=O) groups excluding carboxylic acids is 1. The summed E-state index contributed by atoms with van der Waals surface area (Å²) >= 11 is 0. The minimum atomic E-state index is -3.46. The molecule has 0 aliphatic rings. The zero-order chi connectivity index (χ0) is 19.3. The molecule has 2 N–H and O–H groups in total. The summed E-state index contributed by atoms with van der Waals surface area (Å²) in [6, 6.07) is 8.52. The molecule has 0 saturated carbocycles. The maximum Gasteiger partial charge on any atom is 0.222 e. The molecule has 0 radical (unpaired) electrons. The average molecular weight is 419 g/mol. The van der Waals surface area contributed by atoms with Gasteiger partial charge in [0.25, 0.3) is 0 Å². The topological polar surface area (TPSA) is 75.3 Å². The van der Waals surface area contributed by atoms with E-state index in [1.165, 1.54) is 18.2 Å². The van der Waals surface area contributed by atoms with Crippen LogP contribution in [-0.2, 0) is 14.6 Å². The fraction of sp³-hybridized carbons (Fsp3) is 0.278. The average Bonchev–Trinajstić information content (AvgIpc) is 2.59. The van der Waals surface area contributed by atoms with E-state index in [0.29, 0.717) is 17.7 Å². The normalized spacial score (nSPS) is 12.1. The lowest BCUT2D eigenvalue weighted by atomic mass is 9.98. The predicted molar refractivity (Wildman–Crippen MR) is 102 cm³/mol. The third-order valence-electron chi connectivity index (χ3n) is 3.80. The van der Waals surface area contributed by atoms with Crippen molar-refractivity contribution in [3.05, 3.63) is 65.2 Å². The molecule has 0 spiro atoms. The summed E-state index contributed by atoms with van der Waals surface area (Å²) in [6.45, 7) is 0.444. The molecule has 2 aromatic rings. The van der Waals surface area contributed by atoms with Crippen LogP contribution in [0.15, 0.2) is 47.4 Å². The van der Waals surface area contributed by atoms with Gasteiger partial charge in [-0.2, -0.15) is 0 Å². The second-order valence-corrected chi connectivity index (χ2v) is 7.89. The molecule has 5 nitrogen and oxygen atoms in total. The highest BCUT2D eigenvalue weighted by atomic mass is 35.5. The van der Waals surface area contributed by atoms with Crippen molar-refractivity contribution in [1.82, 2.24) is 10.6 Å². The molecule has 27 heavy (non-hydrogen) atoms. The molecule has 1 unspecified atom stereocenters. The Kier molecular flexibility index (Phi) is 8.33. The maximum absolute atomic E-state index is 13.7. The Morgan fingerprint density at radius 1 is 1.07 bits per heavy atom. The highest BCUT2D eigenvalue weighted by molar-refractivity contribution is 7.90. The summed E-state index contributed by atoms with van der Waals surface area (Å²) < 4.78 is 50.5. The van der Waals surface area contributed by atoms with Gasteiger partial charge in [-0.15, -0.1) is 12.4 Å². The molecule has 1 amide bonds. The Morgan fingerprint density at radius 3 is 2.33 bits per heavy atom. The van der Waals surface area contributed by atoms with Crippen LogP contribution in [0.3, 0.4) is 0 Å². The van der Waals surface area contributed by atoms with Crippen molar-refractivity contribution in [3.8, 4) is 0 Å². The molecule has 0 bridgehead atoms. The van der Waals surface area contributed by atoms with Crippen molar-refractivity contribution in [2.75, 3.05) is 19.8 Å². The van der Waals surface area contributed by atoms with E-state index < -0.39 is 27.5 Å². The molecule has 2 rings (SSSR count). The summed E-state index contributed by atoms with van der Waals surface area (Å²) in [5.41, 5.74) is 0.768. The maximum atomic E-state index is 13.7. The number of nitrogens with one attached hydrogen (secondary N) is 2. The van der Waals surface area contributed by atoms with Gasteiger partial charge in [-0.05, 0) is 42.4 Å². The number of sulfone groups is 1. The number of hydrogen-bond acceptors (Lipinski definition) is 4. The van der Waals surface area contributed by atoms with E-state index in [4.69, 9.17) is 0 Å². The van der Waals surface area contributed by atoms with Gasteiger partial charge in [-0.25, -0.2) is 17.2 Å². The van der Waals surface area contributed by atoms with Crippen LogP contribution in [0.5, 0.6) is 0 Å². The SMILES string of the molecule is CNCCC(=O)NC(c1cccc(S(C)(=O)=O)c1)c1ccc(F)c(F)c1.Cl. The first-order chi connectivity index (χ1) is 12.2. The van der Waals surface area contributed by atoms with Gasteiger partial charge in [0.1, 0.15) is 0 Å². The van der Waals surface area contributed by atoms with Crippen molar-refractivity contribution >= 4 is 28.2 Å². The first-order valence-electron chi connectivity index (χ1n) is 7.91. The van der Waals surface area contributed by atoms with Crippen LogP contribution in [-0.4, -0.2) is 34.2 Å². The Labute approximate surface area is 163 Å². The zero-order valence-corrected chi connectivity index (χ0v) is 16.5. The van der Waals surface area contributed by atoms with Crippen molar-refractivity contribution in [2.24, 2.45) is 0 Å². The molecule has 9 heteroatoms. The number of amides is 1. The van der Waals surface area contributed by atoms with E-state index in [-0.39, 0.29) is 29.6 Å². The van der Waals surface area contributed by atoms with Gasteiger partial charge in [-0.1, -0.05) is 18.2 Å². The molecule has 2 aromatic carbocycles. The smallest absolute Gasteiger partial charge is 0.222 e. The minimum Gasteiger partial charge on any atom is -0.345 e. The molecule has 1 atom stereocenters. The molecule has 0 aliphatic carbocycles. The lowest BCUT2D eigenvalue weighted by Crippen LogP contribution is -2.31. The van der Waals surface area contributed by atoms with Crippen LogP contribution in [0, 0.1) is 11.6 Å². The monoisotopic (exact) mass is 418 g/mol. The summed E-state index contributed by atoms with van der Waals surface area (Å²) in [5.74, 6) is -2.35. The van der Waals surface area contributed by atoms with E-state index in [2.05, 4.69) is 10.6 Å². The fourth-order valence-electron chi connectivity index (χ4n) is 2.45. The fourth-order valence-corrected chi connectivity index (χ4v) is 3.12. The van der Waals surface area contributed by atoms with E-state index in [9.17, 15) is 22.0 Å². The standard InChI is InChI=1S/C18H20F2N2O3S.ClH/c1-21-9-8-17(23)22-18(13-6-7-15(19)16(20)11-13)12-4-3-5-14(10-12)26(2,24)25;/h3-7,10-11,18,21H,8-9H2,1-2H3,(H,22,23);1H. The molecule has 0 aromatic heterocycles. The van der Waals surface area contributed by atoms with E-state index in [0.717, 1.165) is 18.4 Å². The van der Waals surface area contributed by atoms with E-state index in [1.54, 1.807) is 19.2 Å². The Morgan fingerprint density at radius 2 is 1.74 bits per heavy atom. The van der Waals surface area contributed by atoms with Crippen molar-refractivity contribution in [2.45, 2.75) is 17.4 Å². The number of halogens is 3. The first-order valence-corrected chi connectivity index (χ1v) is 9.80. The lowest BCUT2D eigenvalue weighted by molar-refractivity contribution is -0.121. The van der Waals surface area contributed by atoms with E-state index >= 15 is 0 Å². The van der Waals surface area contributed by atoms with Crippen LogP contribution < -0.4 is 10.6 Å². The largest absolute Gasteiger partial charge is 0.345 e. The van der Waals surface area contributed by atoms with Gasteiger partial charge in [0, 0.05) is 19.2 Å². The zero-order valence-electron chi connectivity index (χ0n) is 14.8. The summed E-state index contributed by atoms with van der Waals surface area (Å²) in [5, 5.41) is 5.59. The molecule has 0 saturated heterocycles. The lowest BCUT2D eigenvalue weighted by Gasteiger charge is -2.21. The summed E-state index contributed by atoms with van der Waals surface area (Å²) in [4.78, 5) is 12.2. The molecular weight excluding hydrogens is 398 g/mol. The molecule has 148 valence electrons. The number of hydrogen-bond donors (Lipinski definition) is 2. The van der Waals surface area contributed by atoms with Gasteiger partial charge < -0.3 is 10.6 Å². The predicted octanol–water partition coefficient (Wildman–Crippen LogP) is 2.61. The minimum absolute atomic E-state index is 0. The van der Waals surface area contributed by atoms with Gasteiger partial charge >= 0.3 is 0 Å². The van der Waals surface area contributed by atoms with Crippen LogP contribution in [0.2, 0.25) is 0 Å². The van der Waals surface area contributed by atoms with Gasteiger partial charge in [-0.3, -0.25) is 4.79 Å². The first kappa shape index (κ1) is 23.0. The highest BCUT2D eigenvalue weighted by Gasteiger charge is 2.20. The third kappa shape index (κ3) is 6.27. The van der Waals surface area contributed by atoms with E-state index in [1.807, 2.05) is 0 Å². The molecule has 0 aliphatic heterocycles. The molecule has 0 heterocycles. The van der Waals surface area contributed by atoms with Crippen molar-refractivity contribution in [1.29, 1.82) is 0 Å². The van der Waals surface area contributed by atoms with Gasteiger partial charge in [0.2, 0.25) is 5.91 Å². The number of benzene rings is 2. The summed E-state index contributed by atoms with van der Waals surface area (Å²) in [6.07, 6.45) is 1.26. The van der Waals surface area contributed by atoms with Gasteiger partial charge in [0.05, 0.1) is 10.9 Å². The van der Waals surface area contributed by atoms with Crippen LogP contribution >= 0.6 is 12.4 Å². The highest BCUT2D eigenvalue weighted by Crippen LogP contribution is 2.26. The Bertz CT molecular complexity index is 907. The molecule has 0 fully saturated rings.